The molecular formula is C79H54N8O14S4. The predicted octanol–water partition coefficient (Wildman–Crippen LogP) is 12.2. The van der Waals surface area contributed by atoms with Crippen molar-refractivity contribution in [1.82, 2.24) is 9.80 Å². The van der Waals surface area contributed by atoms with Crippen molar-refractivity contribution < 1.29 is 66.8 Å². The molecular weight excluding hydrogens is 1410 g/mol. The number of allylic oxidation sites excluding steroid dienone is 2. The second-order valence-electron chi connectivity index (χ2n) is 23.7. The lowest BCUT2D eigenvalue weighted by molar-refractivity contribution is -0.168. The number of aliphatic imine (C=N–C) groups is 2. The molecule has 2 aliphatic heterocycles. The van der Waals surface area contributed by atoms with Crippen LogP contribution in [0.1, 0.15) is 79.2 Å². The van der Waals surface area contributed by atoms with E-state index in [0.717, 1.165) is 32.5 Å². The monoisotopic (exact) mass is 1470 g/mol. The number of thioether (sulfide) groups is 2. The van der Waals surface area contributed by atoms with Gasteiger partial charge in [0.2, 0.25) is 16.2 Å². The SMILES string of the molecule is CCN1C(=O)C(=NC2=Cc3sc4c(c3C2(C(=O)OCc2ccccc2)C(=O)OCc2ccccc2)C(C(=O)OCc2ccccc2)(C(=O)OCc2ccccc2)c2c-4sc3c2C(C(=O)OCc2ccccc2)(C(=O)OCc2ccccc2)C(N=C2SC(=C(C#N)C#N)N(CC)C2=O)=C3)SC1=C(C#N)C#N. The number of nitriles is 4. The van der Waals surface area contributed by atoms with Gasteiger partial charge in [0.05, 0.1) is 21.1 Å². The zero-order chi connectivity index (χ0) is 73.6. The van der Waals surface area contributed by atoms with Crippen LogP contribution >= 0.6 is 46.2 Å². The van der Waals surface area contributed by atoms with Crippen molar-refractivity contribution in [2.45, 2.75) is 69.7 Å². The molecule has 4 heterocycles. The molecule has 0 unspecified atom stereocenters. The van der Waals surface area contributed by atoms with Crippen molar-refractivity contribution in [2.24, 2.45) is 9.98 Å². The maximum absolute atomic E-state index is 17.2. The third-order valence-corrected chi connectivity index (χ3v) is 22.3. The number of carbonyl (C=O) groups is 8. The molecule has 0 radical (unpaired) electrons. The topological polar surface area (TPSA) is 318 Å². The number of benzene rings is 6. The number of thiophene rings is 2. The van der Waals surface area contributed by atoms with Crippen LogP contribution in [0, 0.1) is 45.3 Å². The third-order valence-electron chi connectivity index (χ3n) is 17.7. The summed E-state index contributed by atoms with van der Waals surface area (Å²) >= 11 is 2.89. The average molecular weight is 1470 g/mol. The first kappa shape index (κ1) is 70.9. The number of rotatable bonds is 22. The second-order valence-corrected chi connectivity index (χ2v) is 27.8. The molecule has 8 aromatic rings. The molecule has 105 heavy (non-hydrogen) atoms. The van der Waals surface area contributed by atoms with Gasteiger partial charge in [-0.2, -0.15) is 21.0 Å². The minimum absolute atomic E-state index is 0.0240. The molecule has 6 aromatic carbocycles. The minimum atomic E-state index is -3.26. The average Bonchev–Trinajstić information content (AvgIpc) is 1.48. The Labute approximate surface area is 616 Å². The van der Waals surface area contributed by atoms with Crippen molar-refractivity contribution in [3.8, 4) is 34.0 Å². The normalized spacial score (nSPS) is 15.9. The largest absolute Gasteiger partial charge is 0.459 e. The van der Waals surface area contributed by atoms with E-state index < -0.39 is 158 Å². The molecule has 0 bridgehead atoms. The third kappa shape index (κ3) is 12.5. The summed E-state index contributed by atoms with van der Waals surface area (Å²) in [6.45, 7) is -0.259. The van der Waals surface area contributed by atoms with Gasteiger partial charge in [-0.3, -0.25) is 48.2 Å². The highest BCUT2D eigenvalue weighted by Crippen LogP contribution is 2.68. The fourth-order valence-corrected chi connectivity index (χ4v) is 17.7. The van der Waals surface area contributed by atoms with Gasteiger partial charge in [0.25, 0.3) is 11.8 Å². The Hall–Kier alpha value is -12.6. The zero-order valence-corrected chi connectivity index (χ0v) is 58.8. The number of nitrogens with zero attached hydrogens (tertiary/aromatic N) is 8. The molecule has 518 valence electrons. The van der Waals surface area contributed by atoms with E-state index in [-0.39, 0.29) is 42.7 Å². The number of fused-ring (bicyclic) bond motifs is 7. The van der Waals surface area contributed by atoms with Crippen molar-refractivity contribution in [3.63, 3.8) is 0 Å². The van der Waals surface area contributed by atoms with Gasteiger partial charge in [0.15, 0.2) is 21.2 Å². The highest BCUT2D eigenvalue weighted by molar-refractivity contribution is 8.20. The summed E-state index contributed by atoms with van der Waals surface area (Å²) in [5.41, 5.74) is -11.0. The predicted molar refractivity (Wildman–Crippen MR) is 386 cm³/mol. The summed E-state index contributed by atoms with van der Waals surface area (Å²) in [6, 6.07) is 57.5. The summed E-state index contributed by atoms with van der Waals surface area (Å²) < 4.78 is 38.4. The lowest BCUT2D eigenvalue weighted by Crippen LogP contribution is -2.53. The van der Waals surface area contributed by atoms with E-state index in [9.17, 15) is 30.6 Å². The Morgan fingerprint density at radius 2 is 0.610 bits per heavy atom. The first-order valence-corrected chi connectivity index (χ1v) is 35.7. The summed E-state index contributed by atoms with van der Waals surface area (Å²) in [5, 5.41) is 39.7. The van der Waals surface area contributed by atoms with Crippen LogP contribution in [0.5, 0.6) is 0 Å². The van der Waals surface area contributed by atoms with Crippen LogP contribution in [0.15, 0.2) is 225 Å². The molecule has 13 rings (SSSR count). The van der Waals surface area contributed by atoms with Gasteiger partial charge in [-0.25, -0.2) is 9.98 Å². The first-order chi connectivity index (χ1) is 51.1. The molecule has 0 spiro atoms. The lowest BCUT2D eigenvalue weighted by atomic mass is 9.67. The second kappa shape index (κ2) is 30.2. The van der Waals surface area contributed by atoms with Crippen LogP contribution in [0.2, 0.25) is 0 Å². The number of esters is 6. The Kier molecular flexibility index (Phi) is 20.4. The van der Waals surface area contributed by atoms with Gasteiger partial charge in [0.1, 0.15) is 74.0 Å². The Morgan fingerprint density at radius 1 is 0.371 bits per heavy atom. The van der Waals surface area contributed by atoms with Crippen LogP contribution in [0.3, 0.4) is 0 Å². The van der Waals surface area contributed by atoms with E-state index in [0.29, 0.717) is 56.9 Å². The van der Waals surface area contributed by atoms with E-state index in [1.807, 2.05) is 24.3 Å². The van der Waals surface area contributed by atoms with E-state index in [4.69, 9.17) is 38.4 Å². The molecule has 2 fully saturated rings. The van der Waals surface area contributed by atoms with E-state index in [1.165, 1.54) is 12.2 Å². The van der Waals surface area contributed by atoms with Gasteiger partial charge in [-0.1, -0.05) is 182 Å². The highest BCUT2D eigenvalue weighted by Gasteiger charge is 2.72. The number of hydrogen-bond acceptors (Lipinski definition) is 24. The molecule has 22 nitrogen and oxygen atoms in total. The first-order valence-electron chi connectivity index (χ1n) is 32.4. The molecule has 0 atom stereocenters. The van der Waals surface area contributed by atoms with Crippen molar-refractivity contribution in [1.29, 1.82) is 21.0 Å². The maximum atomic E-state index is 17.2. The van der Waals surface area contributed by atoms with Gasteiger partial charge in [-0.15, -0.1) is 22.7 Å². The Bertz CT molecular complexity index is 4820. The molecule has 0 saturated carbocycles. The summed E-state index contributed by atoms with van der Waals surface area (Å²) in [5.74, 6) is -10.3. The summed E-state index contributed by atoms with van der Waals surface area (Å²) in [6.07, 6.45) is 2.61. The van der Waals surface area contributed by atoms with Crippen molar-refractivity contribution in [2.75, 3.05) is 13.1 Å². The number of ether oxygens (including phenoxy) is 6. The van der Waals surface area contributed by atoms with Gasteiger partial charge in [-0.05, 0) is 82.9 Å². The molecule has 2 amide bonds. The summed E-state index contributed by atoms with van der Waals surface area (Å²) in [4.78, 5) is 143. The molecule has 0 N–H and O–H groups in total. The fourth-order valence-electron chi connectivity index (χ4n) is 12.8. The standard InChI is InChI=1S/C79H54N8O14S4/c1-3-86-67(88)65(104-69(86)53(37-80)38-81)84-57-35-55-59(77(57,71(90)96-41-47-23-11-5-12-24-47)72(91)97-42-48-25-13-6-14-26-48)61-63(102-55)64-62(79(61,75(94)100-45-51-31-19-9-20-32-51)76(95)101-46-52-33-21-10-22-34-52)60-56(103-64)36-58(85-66-68(89)87(4-2)70(105-66)54(39-82)40-83)78(60,73(92)98-43-49-27-15-7-16-28-49)74(93)99-44-50-29-17-8-18-30-50/h5-36H,3-4,41-46H2,1-2H3. The Morgan fingerprint density at radius 3 is 0.838 bits per heavy atom. The minimum Gasteiger partial charge on any atom is -0.459 e. The maximum Gasteiger partial charge on any atom is 0.334 e. The molecule has 3 aliphatic carbocycles. The van der Waals surface area contributed by atoms with E-state index in [1.54, 1.807) is 196 Å². The van der Waals surface area contributed by atoms with Crippen LogP contribution in [0.4, 0.5) is 0 Å². The fraction of sp³-hybridized carbons (Fsp3) is 0.165. The number of carbonyl (C=O) groups excluding carboxylic acids is 8. The highest BCUT2D eigenvalue weighted by atomic mass is 32.2. The van der Waals surface area contributed by atoms with Crippen molar-refractivity contribution in [3.05, 3.63) is 280 Å². The van der Waals surface area contributed by atoms with E-state index >= 15 is 28.8 Å². The number of hydrogen-bond donors (Lipinski definition) is 0. The smallest absolute Gasteiger partial charge is 0.334 e. The van der Waals surface area contributed by atoms with Crippen LogP contribution in [-0.2, 0) is 123 Å². The van der Waals surface area contributed by atoms with Crippen LogP contribution in [0.25, 0.3) is 21.9 Å². The van der Waals surface area contributed by atoms with Gasteiger partial charge >= 0.3 is 35.8 Å². The quantitative estimate of drug-likeness (QED) is 0.0263. The van der Waals surface area contributed by atoms with Crippen LogP contribution in [-0.4, -0.2) is 80.6 Å². The Balaban J connectivity index is 1.15. The van der Waals surface area contributed by atoms with Gasteiger partial charge < -0.3 is 28.4 Å². The molecule has 26 heteroatoms. The summed E-state index contributed by atoms with van der Waals surface area (Å²) in [7, 11) is 0. The van der Waals surface area contributed by atoms with Gasteiger partial charge in [0, 0.05) is 45.1 Å². The molecule has 2 aromatic heterocycles. The zero-order valence-electron chi connectivity index (χ0n) is 55.6. The lowest BCUT2D eigenvalue weighted by Gasteiger charge is -2.35. The molecule has 5 aliphatic rings. The van der Waals surface area contributed by atoms with Crippen molar-refractivity contribution >= 4 is 116 Å². The molecule has 2 saturated heterocycles. The van der Waals surface area contributed by atoms with E-state index in [2.05, 4.69) is 0 Å². The number of amides is 2. The van der Waals surface area contributed by atoms with Crippen LogP contribution < -0.4 is 0 Å².